The van der Waals surface area contributed by atoms with Gasteiger partial charge in [-0.1, -0.05) is 23.7 Å². The Balaban J connectivity index is 1.84. The monoisotopic (exact) mass is 388 g/mol. The SMILES string of the molecule is CCNC(=O)NN=CC1=C(N2CCOCC2)C(=Cc2ccc(Cl)cc2)CC1. The van der Waals surface area contributed by atoms with Gasteiger partial charge in [0.2, 0.25) is 0 Å². The third-order valence-electron chi connectivity index (χ3n) is 4.53. The summed E-state index contributed by atoms with van der Waals surface area (Å²) in [5.41, 5.74) is 7.25. The van der Waals surface area contributed by atoms with E-state index in [1.165, 1.54) is 11.3 Å². The summed E-state index contributed by atoms with van der Waals surface area (Å²) >= 11 is 6.00. The van der Waals surface area contributed by atoms with Crippen molar-refractivity contribution in [2.45, 2.75) is 19.8 Å². The van der Waals surface area contributed by atoms with E-state index in [1.807, 2.05) is 31.2 Å². The first-order valence-electron chi connectivity index (χ1n) is 9.26. The second-order valence-corrected chi connectivity index (χ2v) is 6.86. The summed E-state index contributed by atoms with van der Waals surface area (Å²) in [6.07, 6.45) is 5.81. The number of carbonyl (C=O) groups excluding carboxylic acids is 1. The van der Waals surface area contributed by atoms with Gasteiger partial charge in [0.15, 0.2) is 0 Å². The lowest BCUT2D eigenvalue weighted by molar-refractivity contribution is 0.0548. The van der Waals surface area contributed by atoms with Crippen LogP contribution in [0, 0.1) is 0 Å². The Morgan fingerprint density at radius 1 is 1.26 bits per heavy atom. The highest BCUT2D eigenvalue weighted by atomic mass is 35.5. The molecule has 1 aromatic rings. The molecule has 7 heteroatoms. The fraction of sp³-hybridized carbons (Fsp3) is 0.400. The quantitative estimate of drug-likeness (QED) is 0.600. The fourth-order valence-electron chi connectivity index (χ4n) is 3.30. The highest BCUT2D eigenvalue weighted by Gasteiger charge is 2.25. The number of nitrogens with zero attached hydrogens (tertiary/aromatic N) is 2. The number of rotatable bonds is 5. The number of nitrogens with one attached hydrogen (secondary N) is 2. The van der Waals surface area contributed by atoms with Crippen molar-refractivity contribution in [3.8, 4) is 0 Å². The molecule has 2 N–H and O–H groups in total. The van der Waals surface area contributed by atoms with Crippen LogP contribution in [0.5, 0.6) is 0 Å². The molecule has 1 aliphatic heterocycles. The Morgan fingerprint density at radius 2 is 2.00 bits per heavy atom. The number of hydrogen-bond donors (Lipinski definition) is 2. The normalized spacial score (nSPS) is 19.2. The molecule has 0 radical (unpaired) electrons. The van der Waals surface area contributed by atoms with Crippen LogP contribution in [-0.4, -0.2) is 50.0 Å². The van der Waals surface area contributed by atoms with E-state index in [0.717, 1.165) is 55.3 Å². The maximum Gasteiger partial charge on any atom is 0.335 e. The lowest BCUT2D eigenvalue weighted by Crippen LogP contribution is -2.36. The summed E-state index contributed by atoms with van der Waals surface area (Å²) in [4.78, 5) is 13.9. The van der Waals surface area contributed by atoms with Gasteiger partial charge in [0.1, 0.15) is 0 Å². The molecule has 1 saturated heterocycles. The van der Waals surface area contributed by atoms with Crippen LogP contribution < -0.4 is 10.7 Å². The van der Waals surface area contributed by atoms with E-state index in [4.69, 9.17) is 16.3 Å². The van der Waals surface area contributed by atoms with E-state index >= 15 is 0 Å². The summed E-state index contributed by atoms with van der Waals surface area (Å²) in [7, 11) is 0. The molecule has 1 aromatic carbocycles. The number of ether oxygens (including phenoxy) is 1. The van der Waals surface area contributed by atoms with Crippen LogP contribution in [0.4, 0.5) is 4.79 Å². The third-order valence-corrected chi connectivity index (χ3v) is 4.79. The average Bonchev–Trinajstić information content (AvgIpc) is 3.07. The van der Waals surface area contributed by atoms with E-state index in [1.54, 1.807) is 6.21 Å². The zero-order valence-electron chi connectivity index (χ0n) is 15.5. The minimum absolute atomic E-state index is 0.294. The van der Waals surface area contributed by atoms with Crippen molar-refractivity contribution in [3.63, 3.8) is 0 Å². The van der Waals surface area contributed by atoms with Gasteiger partial charge in [0.25, 0.3) is 0 Å². The number of allylic oxidation sites excluding steroid dienone is 2. The second-order valence-electron chi connectivity index (χ2n) is 6.42. The van der Waals surface area contributed by atoms with Crippen LogP contribution in [0.15, 0.2) is 46.2 Å². The largest absolute Gasteiger partial charge is 0.378 e. The fourth-order valence-corrected chi connectivity index (χ4v) is 3.43. The van der Waals surface area contributed by atoms with Crippen LogP contribution in [0.2, 0.25) is 5.02 Å². The van der Waals surface area contributed by atoms with Crippen molar-refractivity contribution in [1.82, 2.24) is 15.6 Å². The summed E-state index contributed by atoms with van der Waals surface area (Å²) < 4.78 is 5.50. The molecule has 0 atom stereocenters. The molecule has 27 heavy (non-hydrogen) atoms. The first kappa shape index (κ1) is 19.5. The molecular weight excluding hydrogens is 364 g/mol. The van der Waals surface area contributed by atoms with Gasteiger partial charge < -0.3 is 15.0 Å². The maximum atomic E-state index is 11.5. The molecule has 1 fully saturated rings. The molecule has 0 spiro atoms. The minimum atomic E-state index is -0.294. The molecule has 144 valence electrons. The van der Waals surface area contributed by atoms with Crippen molar-refractivity contribution >= 4 is 29.9 Å². The van der Waals surface area contributed by atoms with Crippen molar-refractivity contribution < 1.29 is 9.53 Å². The summed E-state index contributed by atoms with van der Waals surface area (Å²) in [5.74, 6) is 0. The van der Waals surface area contributed by atoms with E-state index in [-0.39, 0.29) is 6.03 Å². The van der Waals surface area contributed by atoms with Crippen molar-refractivity contribution in [1.29, 1.82) is 0 Å². The molecule has 2 aliphatic rings. The first-order valence-corrected chi connectivity index (χ1v) is 9.64. The summed E-state index contributed by atoms with van der Waals surface area (Å²) in [6, 6.07) is 7.56. The topological polar surface area (TPSA) is 66.0 Å². The van der Waals surface area contributed by atoms with Gasteiger partial charge in [-0.15, -0.1) is 0 Å². The van der Waals surface area contributed by atoms with E-state index in [2.05, 4.69) is 26.8 Å². The first-order chi connectivity index (χ1) is 13.2. The summed E-state index contributed by atoms with van der Waals surface area (Å²) in [6.45, 7) is 5.59. The zero-order valence-corrected chi connectivity index (χ0v) is 16.3. The Bertz CT molecular complexity index is 750. The van der Waals surface area contributed by atoms with Gasteiger partial charge in [0, 0.05) is 30.4 Å². The number of halogens is 1. The molecule has 0 unspecified atom stereocenters. The smallest absolute Gasteiger partial charge is 0.335 e. The molecule has 0 bridgehead atoms. The number of benzene rings is 1. The highest BCUT2D eigenvalue weighted by molar-refractivity contribution is 6.30. The minimum Gasteiger partial charge on any atom is -0.378 e. The van der Waals surface area contributed by atoms with Gasteiger partial charge >= 0.3 is 6.03 Å². The van der Waals surface area contributed by atoms with Crippen LogP contribution in [0.25, 0.3) is 6.08 Å². The number of urea groups is 1. The predicted octanol–water partition coefficient (Wildman–Crippen LogP) is 3.41. The van der Waals surface area contributed by atoms with Crippen LogP contribution >= 0.6 is 11.6 Å². The number of carbonyl (C=O) groups is 1. The lowest BCUT2D eigenvalue weighted by atomic mass is 10.1. The van der Waals surface area contributed by atoms with Gasteiger partial charge in [-0.2, -0.15) is 5.10 Å². The standard InChI is InChI=1S/C20H25ClN4O2/c1-2-22-20(26)24-23-14-17-6-5-16(13-15-3-7-18(21)8-4-15)19(17)25-9-11-27-12-10-25/h3-4,7-8,13-14H,2,5-6,9-12H2,1H3,(H2,22,24,26). The van der Waals surface area contributed by atoms with E-state index in [0.29, 0.717) is 6.54 Å². The zero-order chi connectivity index (χ0) is 19.1. The Hall–Kier alpha value is -2.31. The van der Waals surface area contributed by atoms with Crippen LogP contribution in [-0.2, 0) is 4.74 Å². The van der Waals surface area contributed by atoms with Gasteiger partial charge in [-0.05, 0) is 54.7 Å². The van der Waals surface area contributed by atoms with Crippen molar-refractivity contribution in [2.75, 3.05) is 32.8 Å². The molecule has 0 saturated carbocycles. The lowest BCUT2D eigenvalue weighted by Gasteiger charge is -2.31. The van der Waals surface area contributed by atoms with E-state index in [9.17, 15) is 4.79 Å². The van der Waals surface area contributed by atoms with Gasteiger partial charge in [-0.25, -0.2) is 10.2 Å². The molecular formula is C20H25ClN4O2. The molecule has 6 nitrogen and oxygen atoms in total. The third kappa shape index (κ3) is 5.34. The molecule has 2 amide bonds. The molecule has 0 aromatic heterocycles. The number of hydrogen-bond acceptors (Lipinski definition) is 4. The van der Waals surface area contributed by atoms with Gasteiger partial charge in [0.05, 0.1) is 19.4 Å². The molecule has 1 heterocycles. The number of morpholine rings is 1. The average molecular weight is 389 g/mol. The predicted molar refractivity (Wildman–Crippen MR) is 109 cm³/mol. The highest BCUT2D eigenvalue weighted by Crippen LogP contribution is 2.35. The summed E-state index contributed by atoms with van der Waals surface area (Å²) in [5, 5.41) is 7.52. The maximum absolute atomic E-state index is 11.5. The second kappa shape index (κ2) is 9.58. The Morgan fingerprint density at radius 3 is 2.70 bits per heavy atom. The number of hydrazone groups is 1. The van der Waals surface area contributed by atoms with E-state index < -0.39 is 0 Å². The molecule has 3 rings (SSSR count). The molecule has 1 aliphatic carbocycles. The van der Waals surface area contributed by atoms with Gasteiger partial charge in [-0.3, -0.25) is 0 Å². The van der Waals surface area contributed by atoms with Crippen molar-refractivity contribution in [3.05, 3.63) is 51.7 Å². The Labute approximate surface area is 164 Å². The van der Waals surface area contributed by atoms with Crippen molar-refractivity contribution in [2.24, 2.45) is 5.10 Å². The van der Waals surface area contributed by atoms with Crippen LogP contribution in [0.3, 0.4) is 0 Å². The number of amides is 2. The van der Waals surface area contributed by atoms with Crippen LogP contribution in [0.1, 0.15) is 25.3 Å². The Kier molecular flexibility index (Phi) is 6.90.